The van der Waals surface area contributed by atoms with Gasteiger partial charge in [-0.2, -0.15) is 13.1 Å². The van der Waals surface area contributed by atoms with Gasteiger partial charge < -0.3 is 20.3 Å². The topological polar surface area (TPSA) is 117 Å². The second kappa shape index (κ2) is 9.73. The van der Waals surface area contributed by atoms with E-state index in [0.29, 0.717) is 16.8 Å². The van der Waals surface area contributed by atoms with Crippen molar-refractivity contribution in [3.63, 3.8) is 0 Å². The highest BCUT2D eigenvalue weighted by molar-refractivity contribution is 7.91. The molecule has 1 aliphatic carbocycles. The van der Waals surface area contributed by atoms with Crippen molar-refractivity contribution in [2.45, 2.75) is 75.8 Å². The Morgan fingerprint density at radius 2 is 1.88 bits per heavy atom. The Hall–Kier alpha value is -2.34. The average molecular weight is 502 g/mol. The number of aliphatic hydroxyl groups is 2. The van der Waals surface area contributed by atoms with Gasteiger partial charge in [0.15, 0.2) is 0 Å². The summed E-state index contributed by atoms with van der Waals surface area (Å²) in [5, 5.41) is 29.2. The highest BCUT2D eigenvalue weighted by Gasteiger charge is 2.30. The molecule has 5 N–H and O–H groups in total. The lowest BCUT2D eigenvalue weighted by molar-refractivity contribution is -0.0499. The molecule has 3 rings (SSSR count). The van der Waals surface area contributed by atoms with Crippen molar-refractivity contribution in [1.29, 1.82) is 0 Å². The van der Waals surface area contributed by atoms with Crippen LogP contribution >= 0.6 is 0 Å². The number of rotatable bonds is 9. The molecule has 1 unspecified atom stereocenters. The molecule has 2 aromatic carbocycles. The lowest BCUT2D eigenvalue weighted by atomic mass is 9.95. The molecule has 0 saturated heterocycles. The summed E-state index contributed by atoms with van der Waals surface area (Å²) < 4.78 is 61.6. The van der Waals surface area contributed by atoms with E-state index in [1.54, 1.807) is 0 Å². The Morgan fingerprint density at radius 3 is 2.38 bits per heavy atom. The number of nitrogens with one attached hydrogen (secondary N) is 1. The Morgan fingerprint density at radius 1 is 1.24 bits per heavy atom. The third-order valence-corrected chi connectivity index (χ3v) is 6.99. The maximum atomic E-state index is 14.6. The third-order valence-electron chi connectivity index (χ3n) is 5.52. The van der Waals surface area contributed by atoms with Gasteiger partial charge in [-0.3, -0.25) is 0 Å². The molecule has 0 aliphatic heterocycles. The summed E-state index contributed by atoms with van der Waals surface area (Å²) in [5.74, 6) is -0.975. The molecule has 0 bridgehead atoms. The van der Waals surface area contributed by atoms with Gasteiger partial charge >= 0.3 is 6.61 Å². The molecule has 0 spiro atoms. The Bertz CT molecular complexity index is 1150. The van der Waals surface area contributed by atoms with Crippen LogP contribution in [0.1, 0.15) is 69.1 Å². The molecule has 0 radical (unpaired) electrons. The zero-order valence-electron chi connectivity index (χ0n) is 19.4. The summed E-state index contributed by atoms with van der Waals surface area (Å²) in [6, 6.07) is 6.49. The summed E-state index contributed by atoms with van der Waals surface area (Å²) in [4.78, 5) is -0.423. The summed E-state index contributed by atoms with van der Waals surface area (Å²) >= 11 is 0. The van der Waals surface area contributed by atoms with Crippen LogP contribution in [0, 0.1) is 5.82 Å². The Labute approximate surface area is 197 Å². The van der Waals surface area contributed by atoms with E-state index in [-0.39, 0.29) is 23.1 Å². The zero-order chi connectivity index (χ0) is 25.4. The fraction of sp³-hybridized carbons (Fsp3) is 0.478. The first kappa shape index (κ1) is 26.3. The van der Waals surface area contributed by atoms with Crippen molar-refractivity contribution in [2.75, 3.05) is 5.32 Å². The zero-order valence-corrected chi connectivity index (χ0v) is 20.2. The number of halogens is 3. The van der Waals surface area contributed by atoms with Gasteiger partial charge in [0, 0.05) is 5.69 Å². The van der Waals surface area contributed by atoms with Gasteiger partial charge in [0.05, 0.1) is 10.5 Å². The number of alkyl halides is 2. The molecular weight excluding hydrogens is 471 g/mol. The quantitative estimate of drug-likeness (QED) is 0.370. The van der Waals surface area contributed by atoms with Crippen molar-refractivity contribution in [1.82, 2.24) is 0 Å². The molecule has 34 heavy (non-hydrogen) atoms. The molecule has 2 aromatic rings. The minimum absolute atomic E-state index is 0.00849. The first-order chi connectivity index (χ1) is 15.7. The summed E-state index contributed by atoms with van der Waals surface area (Å²) in [6.45, 7) is 3.66. The molecule has 1 saturated carbocycles. The fourth-order valence-corrected chi connectivity index (χ4v) is 4.71. The number of hydrogen-bond acceptors (Lipinski definition) is 6. The fourth-order valence-electron chi connectivity index (χ4n) is 3.65. The number of ether oxygens (including phenoxy) is 1. The summed E-state index contributed by atoms with van der Waals surface area (Å²) in [6.07, 6.45) is -0.101. The highest BCUT2D eigenvalue weighted by atomic mass is 32.2. The summed E-state index contributed by atoms with van der Waals surface area (Å²) in [5.41, 5.74) is 0.659. The van der Waals surface area contributed by atoms with Crippen LogP contribution in [-0.4, -0.2) is 27.4 Å². The van der Waals surface area contributed by atoms with Crippen molar-refractivity contribution < 1.29 is 32.3 Å². The first-order valence-corrected chi connectivity index (χ1v) is 12.4. The molecule has 0 aromatic heterocycles. The van der Waals surface area contributed by atoms with E-state index in [2.05, 4.69) is 14.4 Å². The molecule has 7 nitrogen and oxygen atoms in total. The van der Waals surface area contributed by atoms with Gasteiger partial charge in [-0.15, -0.1) is 0 Å². The number of anilines is 1. The van der Waals surface area contributed by atoms with Crippen LogP contribution in [0.2, 0.25) is 0 Å². The van der Waals surface area contributed by atoms with Crippen molar-refractivity contribution in [3.05, 3.63) is 52.8 Å². The lowest BCUT2D eigenvalue weighted by Gasteiger charge is -2.22. The van der Waals surface area contributed by atoms with Gasteiger partial charge in [0.2, 0.25) is 6.35 Å². The minimum Gasteiger partial charge on any atom is -0.435 e. The Balaban J connectivity index is 1.97. The largest absolute Gasteiger partial charge is 0.435 e. The van der Waals surface area contributed by atoms with Crippen LogP contribution < -0.4 is 15.2 Å². The molecule has 1 aliphatic rings. The van der Waals surface area contributed by atoms with Crippen LogP contribution in [0.5, 0.6) is 5.75 Å². The van der Waals surface area contributed by atoms with E-state index < -0.39 is 39.2 Å². The van der Waals surface area contributed by atoms with Crippen LogP contribution in [0.15, 0.2) is 39.6 Å². The van der Waals surface area contributed by atoms with E-state index in [1.165, 1.54) is 32.0 Å². The monoisotopic (exact) mass is 501 g/mol. The van der Waals surface area contributed by atoms with E-state index in [4.69, 9.17) is 5.14 Å². The highest BCUT2D eigenvalue weighted by Crippen LogP contribution is 2.47. The Kier molecular flexibility index (Phi) is 7.51. The van der Waals surface area contributed by atoms with Gasteiger partial charge in [0.1, 0.15) is 21.5 Å². The lowest BCUT2D eigenvalue weighted by Crippen LogP contribution is -2.25. The van der Waals surface area contributed by atoms with E-state index in [0.717, 1.165) is 25.0 Å². The van der Waals surface area contributed by atoms with Gasteiger partial charge in [-0.25, -0.2) is 13.7 Å². The molecule has 2 atom stereocenters. The third kappa shape index (κ3) is 6.21. The number of benzene rings is 2. The number of aliphatic hydroxyl groups excluding tert-OH is 1. The number of nitrogens with two attached hydrogens (primary N) is 1. The predicted molar refractivity (Wildman–Crippen MR) is 123 cm³/mol. The van der Waals surface area contributed by atoms with Gasteiger partial charge in [0.25, 0.3) is 0 Å². The van der Waals surface area contributed by atoms with Crippen molar-refractivity contribution in [3.8, 4) is 5.75 Å². The molecule has 0 amide bonds. The molecule has 1 fully saturated rings. The second-order valence-corrected chi connectivity index (χ2v) is 11.0. The standard InChI is InChI=1S/C23H30F3N3O4S/c1-12(2)16-10-15(33-21(25)26)11-17(13-5-6-13)20(16)28-22(30)29-34(27,32)19-8-7-14(9-18(19)24)23(3,4)31/h7-13,21-22,28,30-31H,5-6H2,1-4H3,(H2,27,29,32)/t22?,34-/m0/s1. The molecule has 0 heterocycles. The van der Waals surface area contributed by atoms with E-state index >= 15 is 0 Å². The van der Waals surface area contributed by atoms with E-state index in [9.17, 15) is 27.6 Å². The summed E-state index contributed by atoms with van der Waals surface area (Å²) in [7, 11) is -3.87. The molecular formula is C23H30F3N3O4S. The maximum absolute atomic E-state index is 14.6. The average Bonchev–Trinajstić information content (AvgIpc) is 3.51. The number of nitrogens with zero attached hydrogens (tertiary/aromatic N) is 1. The van der Waals surface area contributed by atoms with Gasteiger partial charge in [-0.1, -0.05) is 19.9 Å². The minimum atomic E-state index is -3.87. The maximum Gasteiger partial charge on any atom is 0.387 e. The SMILES string of the molecule is CC(C)c1cc(OC(F)F)cc(C2CC2)c1NC(O)N=[S@](N)(=O)c1ccc(C(C)(C)O)cc1F. The smallest absolute Gasteiger partial charge is 0.387 e. The van der Waals surface area contributed by atoms with Crippen molar-refractivity contribution in [2.24, 2.45) is 9.50 Å². The van der Waals surface area contributed by atoms with Crippen LogP contribution in [0.4, 0.5) is 18.9 Å². The van der Waals surface area contributed by atoms with E-state index in [1.807, 2.05) is 13.8 Å². The predicted octanol–water partition coefficient (Wildman–Crippen LogP) is 4.74. The second-order valence-electron chi connectivity index (χ2n) is 9.18. The molecule has 11 heteroatoms. The number of hydrogen-bond donors (Lipinski definition) is 4. The van der Waals surface area contributed by atoms with Crippen LogP contribution in [-0.2, 0) is 15.5 Å². The normalized spacial score (nSPS) is 16.9. The van der Waals surface area contributed by atoms with Crippen LogP contribution in [0.3, 0.4) is 0 Å². The first-order valence-electron chi connectivity index (χ1n) is 10.8. The van der Waals surface area contributed by atoms with Crippen LogP contribution in [0.25, 0.3) is 0 Å². The van der Waals surface area contributed by atoms with Crippen molar-refractivity contribution >= 4 is 15.6 Å². The molecule has 188 valence electrons. The van der Waals surface area contributed by atoms with Gasteiger partial charge in [-0.05, 0) is 79.5 Å².